The Morgan fingerprint density at radius 2 is 2.07 bits per heavy atom. The quantitative estimate of drug-likeness (QED) is 0.522. The molecule has 0 aliphatic heterocycles. The summed E-state index contributed by atoms with van der Waals surface area (Å²) in [5.41, 5.74) is 1.83. The van der Waals surface area contributed by atoms with E-state index in [9.17, 15) is 4.79 Å². The number of amides is 1. The Hall–Kier alpha value is -2.32. The van der Waals surface area contributed by atoms with Crippen LogP contribution in [0.2, 0.25) is 0 Å². The molecule has 3 rings (SSSR count). The second kappa shape index (κ2) is 9.05. The van der Waals surface area contributed by atoms with Crippen LogP contribution in [0.5, 0.6) is 5.75 Å². The molecule has 1 atom stereocenters. The number of ether oxygens (including phenoxy) is 1. The zero-order valence-electron chi connectivity index (χ0n) is 14.8. The molecule has 8 heteroatoms. The number of aromatic nitrogens is 2. The second-order valence-corrected chi connectivity index (χ2v) is 7.94. The molecule has 0 bridgehead atoms. The number of rotatable bonds is 7. The molecule has 140 valence electrons. The third-order valence-electron chi connectivity index (χ3n) is 3.58. The average molecular weight is 448 g/mol. The van der Waals surface area contributed by atoms with Crippen molar-refractivity contribution >= 4 is 39.3 Å². The van der Waals surface area contributed by atoms with Crippen molar-refractivity contribution in [1.29, 1.82) is 0 Å². The first-order chi connectivity index (χ1) is 13.0. The van der Waals surface area contributed by atoms with Gasteiger partial charge in [0.15, 0.2) is 6.61 Å². The van der Waals surface area contributed by atoms with E-state index in [1.807, 2.05) is 55.5 Å². The van der Waals surface area contributed by atoms with Crippen molar-refractivity contribution in [2.75, 3.05) is 5.32 Å². The van der Waals surface area contributed by atoms with E-state index in [-0.39, 0.29) is 12.5 Å². The number of para-hydroxylation sites is 1. The van der Waals surface area contributed by atoms with Gasteiger partial charge >= 0.3 is 0 Å². The third-order valence-corrected chi connectivity index (χ3v) is 5.20. The van der Waals surface area contributed by atoms with Crippen molar-refractivity contribution in [3.63, 3.8) is 0 Å². The van der Waals surface area contributed by atoms with Crippen LogP contribution in [0, 0.1) is 6.92 Å². The van der Waals surface area contributed by atoms with Gasteiger partial charge < -0.3 is 14.5 Å². The second-order valence-electron chi connectivity index (χ2n) is 5.80. The van der Waals surface area contributed by atoms with Gasteiger partial charge in [0.2, 0.25) is 5.91 Å². The number of halogens is 1. The van der Waals surface area contributed by atoms with Gasteiger partial charge in [-0.3, -0.25) is 4.79 Å². The average Bonchev–Trinajstić information content (AvgIpc) is 3.09. The predicted octanol–water partition coefficient (Wildman–Crippen LogP) is 4.84. The molecule has 1 heterocycles. The van der Waals surface area contributed by atoms with Gasteiger partial charge in [0, 0.05) is 4.47 Å². The summed E-state index contributed by atoms with van der Waals surface area (Å²) in [4.78, 5) is 12.4. The Kier molecular flexibility index (Phi) is 6.52. The summed E-state index contributed by atoms with van der Waals surface area (Å²) in [5, 5.41) is 10.7. The lowest BCUT2D eigenvalue weighted by atomic mass is 10.2. The van der Waals surface area contributed by atoms with Gasteiger partial charge in [-0.2, -0.15) is 0 Å². The van der Waals surface area contributed by atoms with E-state index in [2.05, 4.69) is 31.4 Å². The maximum atomic E-state index is 12.4. The standard InChI is InChI=1S/C19H18BrN3O3S/c1-12-6-5-7-14(10-12)25-11-17-22-23-19(26-17)27-13(2)18(24)21-16-9-4-3-8-15(16)20/h3-10,13H,11H2,1-2H3,(H,21,24). The molecule has 0 aliphatic carbocycles. The minimum atomic E-state index is -0.400. The maximum absolute atomic E-state index is 12.4. The van der Waals surface area contributed by atoms with E-state index in [0.717, 1.165) is 15.8 Å². The van der Waals surface area contributed by atoms with E-state index < -0.39 is 5.25 Å². The lowest BCUT2D eigenvalue weighted by Crippen LogP contribution is -2.22. The number of nitrogens with zero attached hydrogens (tertiary/aromatic N) is 2. The van der Waals surface area contributed by atoms with Crippen LogP contribution in [0.4, 0.5) is 5.69 Å². The van der Waals surface area contributed by atoms with Gasteiger partial charge in [0.25, 0.3) is 11.1 Å². The molecule has 0 radical (unpaired) electrons. The summed E-state index contributed by atoms with van der Waals surface area (Å²) in [6.07, 6.45) is 0. The largest absolute Gasteiger partial charge is 0.484 e. The Balaban J connectivity index is 1.53. The lowest BCUT2D eigenvalue weighted by molar-refractivity contribution is -0.115. The maximum Gasteiger partial charge on any atom is 0.277 e. The molecule has 0 saturated carbocycles. The molecular formula is C19H18BrN3O3S. The molecule has 0 spiro atoms. The van der Waals surface area contributed by atoms with Gasteiger partial charge in [-0.25, -0.2) is 0 Å². The van der Waals surface area contributed by atoms with Crippen LogP contribution in [0.3, 0.4) is 0 Å². The highest BCUT2D eigenvalue weighted by Crippen LogP contribution is 2.26. The summed E-state index contributed by atoms with van der Waals surface area (Å²) in [5.74, 6) is 0.948. The molecule has 0 fully saturated rings. The SMILES string of the molecule is Cc1cccc(OCc2nnc(SC(C)C(=O)Nc3ccccc3Br)o2)c1. The Labute approximate surface area is 169 Å². The topological polar surface area (TPSA) is 77.2 Å². The van der Waals surface area contributed by atoms with Gasteiger partial charge in [-0.15, -0.1) is 10.2 Å². The van der Waals surface area contributed by atoms with Crippen molar-refractivity contribution in [3.8, 4) is 5.75 Å². The zero-order chi connectivity index (χ0) is 19.2. The van der Waals surface area contributed by atoms with Crippen molar-refractivity contribution < 1.29 is 13.9 Å². The van der Waals surface area contributed by atoms with Crippen LogP contribution in [0.25, 0.3) is 0 Å². The Bertz CT molecular complexity index is 932. The normalized spacial score (nSPS) is 11.8. The molecule has 1 aromatic heterocycles. The fraction of sp³-hybridized carbons (Fsp3) is 0.211. The van der Waals surface area contributed by atoms with E-state index in [0.29, 0.717) is 16.8 Å². The third kappa shape index (κ3) is 5.58. The molecule has 0 aliphatic rings. The number of hydrogen-bond acceptors (Lipinski definition) is 6. The molecule has 1 N–H and O–H groups in total. The molecule has 2 aromatic carbocycles. The van der Waals surface area contributed by atoms with Crippen molar-refractivity contribution in [2.45, 2.75) is 30.9 Å². The molecule has 1 unspecified atom stereocenters. The monoisotopic (exact) mass is 447 g/mol. The lowest BCUT2D eigenvalue weighted by Gasteiger charge is -2.11. The van der Waals surface area contributed by atoms with Crippen LogP contribution in [0.1, 0.15) is 18.4 Å². The van der Waals surface area contributed by atoms with Crippen LogP contribution in [0.15, 0.2) is 62.6 Å². The van der Waals surface area contributed by atoms with E-state index in [1.54, 1.807) is 6.92 Å². The van der Waals surface area contributed by atoms with Crippen LogP contribution in [-0.4, -0.2) is 21.4 Å². The first kappa shape index (κ1) is 19.4. The van der Waals surface area contributed by atoms with Crippen molar-refractivity contribution in [3.05, 3.63) is 64.5 Å². The number of hydrogen-bond donors (Lipinski definition) is 1. The Morgan fingerprint density at radius 1 is 1.26 bits per heavy atom. The first-order valence-electron chi connectivity index (χ1n) is 8.25. The number of benzene rings is 2. The molecule has 3 aromatic rings. The smallest absolute Gasteiger partial charge is 0.277 e. The summed E-state index contributed by atoms with van der Waals surface area (Å²) >= 11 is 4.61. The highest BCUT2D eigenvalue weighted by atomic mass is 79.9. The fourth-order valence-corrected chi connectivity index (χ4v) is 3.28. The number of aryl methyl sites for hydroxylation is 1. The molecule has 6 nitrogen and oxygen atoms in total. The number of anilines is 1. The highest BCUT2D eigenvalue weighted by Gasteiger charge is 2.19. The van der Waals surface area contributed by atoms with Gasteiger partial charge in [-0.05, 0) is 59.6 Å². The van der Waals surface area contributed by atoms with Crippen LogP contribution >= 0.6 is 27.7 Å². The summed E-state index contributed by atoms with van der Waals surface area (Å²) < 4.78 is 12.0. The number of nitrogens with one attached hydrogen (secondary N) is 1. The number of thioether (sulfide) groups is 1. The van der Waals surface area contributed by atoms with Crippen LogP contribution in [-0.2, 0) is 11.4 Å². The summed E-state index contributed by atoms with van der Waals surface area (Å²) in [6, 6.07) is 15.2. The summed E-state index contributed by atoms with van der Waals surface area (Å²) in [7, 11) is 0. The zero-order valence-corrected chi connectivity index (χ0v) is 17.2. The molecule has 1 amide bonds. The first-order valence-corrected chi connectivity index (χ1v) is 9.92. The number of carbonyl (C=O) groups excluding carboxylic acids is 1. The van der Waals surface area contributed by atoms with Crippen LogP contribution < -0.4 is 10.1 Å². The van der Waals surface area contributed by atoms with E-state index in [1.165, 1.54) is 11.8 Å². The highest BCUT2D eigenvalue weighted by molar-refractivity contribution is 9.10. The van der Waals surface area contributed by atoms with Crippen molar-refractivity contribution in [1.82, 2.24) is 10.2 Å². The van der Waals surface area contributed by atoms with Crippen molar-refractivity contribution in [2.24, 2.45) is 0 Å². The van der Waals surface area contributed by atoms with E-state index in [4.69, 9.17) is 9.15 Å². The minimum absolute atomic E-state index is 0.150. The summed E-state index contributed by atoms with van der Waals surface area (Å²) in [6.45, 7) is 3.95. The molecular weight excluding hydrogens is 430 g/mol. The molecule has 27 heavy (non-hydrogen) atoms. The van der Waals surface area contributed by atoms with Gasteiger partial charge in [0.05, 0.1) is 10.9 Å². The fourth-order valence-electron chi connectivity index (χ4n) is 2.20. The molecule has 0 saturated heterocycles. The van der Waals surface area contributed by atoms with Gasteiger partial charge in [-0.1, -0.05) is 36.0 Å². The number of carbonyl (C=O) groups is 1. The Morgan fingerprint density at radius 3 is 2.85 bits per heavy atom. The van der Waals surface area contributed by atoms with Gasteiger partial charge in [0.1, 0.15) is 5.75 Å². The van der Waals surface area contributed by atoms with E-state index >= 15 is 0 Å². The predicted molar refractivity (Wildman–Crippen MR) is 108 cm³/mol. The minimum Gasteiger partial charge on any atom is -0.484 e.